The second-order valence-electron chi connectivity index (χ2n) is 13.8. The number of hydrogen-bond donors (Lipinski definition) is 2. The number of alkyl halides is 3. The standard InChI is InChI=1S/C35H40F3N7OS/c1-3-31(46)42-25-12-23-15-34(23,16-25)8-11-45-26(18-39)13-28-21(2)22(4-5-30(28)45)19-44-9-6-24(7-10-44)43-32-29-14-27(17-35(36,37)38)47-33(29)41-20-40-32/h4-5,13-14,20,23-25H,3,6-12,15-17,19H2,1-2H3,(H,42,46)(H,40,41,43). The van der Waals surface area contributed by atoms with Crippen LogP contribution in [0.15, 0.2) is 30.6 Å². The van der Waals surface area contributed by atoms with Gasteiger partial charge in [0.15, 0.2) is 0 Å². The maximum absolute atomic E-state index is 12.9. The van der Waals surface area contributed by atoms with E-state index < -0.39 is 12.6 Å². The van der Waals surface area contributed by atoms with Crippen LogP contribution in [0.3, 0.4) is 0 Å². The van der Waals surface area contributed by atoms with Gasteiger partial charge in [-0.25, -0.2) is 9.97 Å². The first-order chi connectivity index (χ1) is 22.5. The van der Waals surface area contributed by atoms with Crippen molar-refractivity contribution in [3.05, 3.63) is 52.3 Å². The summed E-state index contributed by atoms with van der Waals surface area (Å²) < 4.78 is 41.0. The van der Waals surface area contributed by atoms with E-state index in [9.17, 15) is 23.2 Å². The fraction of sp³-hybridized carbons (Fsp3) is 0.543. The SMILES string of the molecule is CCC(=O)NC1CC2CC2(CCn2c(C#N)cc3c(C)c(CN4CCC(Nc5ncnc6sc(CC(F)(F)F)cc56)CC4)ccc32)C1. The number of fused-ring (bicyclic) bond motifs is 3. The Bertz CT molecular complexity index is 1850. The van der Waals surface area contributed by atoms with Crippen molar-refractivity contribution in [1.82, 2.24) is 24.8 Å². The summed E-state index contributed by atoms with van der Waals surface area (Å²) in [5.41, 5.74) is 4.56. The number of benzene rings is 1. The lowest BCUT2D eigenvalue weighted by atomic mass is 9.97. The van der Waals surface area contributed by atoms with Gasteiger partial charge in [-0.1, -0.05) is 13.0 Å². The van der Waals surface area contributed by atoms with E-state index >= 15 is 0 Å². The lowest BCUT2D eigenvalue weighted by Crippen LogP contribution is -2.39. The Balaban J connectivity index is 0.974. The van der Waals surface area contributed by atoms with Crippen molar-refractivity contribution in [3.63, 3.8) is 0 Å². The molecule has 8 nitrogen and oxygen atoms in total. The second kappa shape index (κ2) is 12.4. The Morgan fingerprint density at radius 1 is 1.15 bits per heavy atom. The molecule has 3 atom stereocenters. The van der Waals surface area contributed by atoms with E-state index in [2.05, 4.69) is 55.2 Å². The molecule has 0 spiro atoms. The van der Waals surface area contributed by atoms with Gasteiger partial charge in [0.05, 0.1) is 11.8 Å². The smallest absolute Gasteiger partial charge is 0.367 e. The largest absolute Gasteiger partial charge is 0.393 e. The molecule has 0 bridgehead atoms. The minimum absolute atomic E-state index is 0.132. The molecule has 1 amide bonds. The predicted octanol–water partition coefficient (Wildman–Crippen LogP) is 7.09. The quantitative estimate of drug-likeness (QED) is 0.188. The third-order valence-electron chi connectivity index (χ3n) is 10.8. The van der Waals surface area contributed by atoms with Crippen molar-refractivity contribution in [2.24, 2.45) is 11.3 Å². The van der Waals surface area contributed by atoms with Gasteiger partial charge < -0.3 is 15.2 Å². The van der Waals surface area contributed by atoms with Crippen LogP contribution in [0.4, 0.5) is 19.0 Å². The van der Waals surface area contributed by atoms with Crippen LogP contribution >= 0.6 is 11.3 Å². The van der Waals surface area contributed by atoms with Gasteiger partial charge in [0.25, 0.3) is 0 Å². The van der Waals surface area contributed by atoms with E-state index in [4.69, 9.17) is 0 Å². The fourth-order valence-electron chi connectivity index (χ4n) is 8.12. The minimum Gasteiger partial charge on any atom is -0.367 e. The van der Waals surface area contributed by atoms with Crippen molar-refractivity contribution in [1.29, 1.82) is 5.26 Å². The van der Waals surface area contributed by atoms with Crippen LogP contribution in [-0.4, -0.2) is 56.7 Å². The highest BCUT2D eigenvalue weighted by Gasteiger charge is 2.59. The molecule has 1 saturated heterocycles. The third-order valence-corrected chi connectivity index (χ3v) is 11.8. The van der Waals surface area contributed by atoms with Gasteiger partial charge in [0.1, 0.15) is 28.7 Å². The number of carbonyl (C=O) groups excluding carboxylic acids is 1. The van der Waals surface area contributed by atoms with Crippen molar-refractivity contribution < 1.29 is 18.0 Å². The normalized spacial score (nSPS) is 23.2. The molecule has 1 aliphatic heterocycles. The van der Waals surface area contributed by atoms with Crippen LogP contribution in [0.5, 0.6) is 0 Å². The molecule has 0 radical (unpaired) electrons. The first-order valence-corrected chi connectivity index (χ1v) is 17.5. The minimum atomic E-state index is -4.25. The Kier molecular flexibility index (Phi) is 8.41. The molecule has 3 unspecified atom stereocenters. The monoisotopic (exact) mass is 663 g/mol. The van der Waals surface area contributed by atoms with Gasteiger partial charge >= 0.3 is 6.18 Å². The number of carbonyl (C=O) groups is 1. The predicted molar refractivity (Wildman–Crippen MR) is 177 cm³/mol. The zero-order valence-electron chi connectivity index (χ0n) is 26.8. The summed E-state index contributed by atoms with van der Waals surface area (Å²) in [7, 11) is 0. The molecule has 4 aromatic rings. The average Bonchev–Trinajstić information content (AvgIpc) is 3.32. The molecule has 3 fully saturated rings. The number of thiophene rings is 1. The van der Waals surface area contributed by atoms with Crippen LogP contribution < -0.4 is 10.6 Å². The molecule has 248 valence electrons. The van der Waals surface area contributed by atoms with Crippen LogP contribution in [0.25, 0.3) is 21.1 Å². The van der Waals surface area contributed by atoms with Gasteiger partial charge in [-0.3, -0.25) is 9.69 Å². The Labute approximate surface area is 276 Å². The molecule has 3 aromatic heterocycles. The number of halogens is 3. The van der Waals surface area contributed by atoms with Gasteiger partial charge in [-0.05, 0) is 86.1 Å². The summed E-state index contributed by atoms with van der Waals surface area (Å²) in [6.07, 6.45) is 2.89. The fourth-order valence-corrected chi connectivity index (χ4v) is 9.14. The number of nitrogens with one attached hydrogen (secondary N) is 2. The summed E-state index contributed by atoms with van der Waals surface area (Å²) in [6.45, 7) is 7.45. The zero-order valence-corrected chi connectivity index (χ0v) is 27.6. The molecule has 3 aliphatic rings. The highest BCUT2D eigenvalue weighted by Crippen LogP contribution is 2.65. The molecule has 4 heterocycles. The second-order valence-corrected chi connectivity index (χ2v) is 14.9. The van der Waals surface area contributed by atoms with E-state index in [1.807, 2.05) is 13.0 Å². The molecule has 2 saturated carbocycles. The number of likely N-dealkylation sites (tertiary alicyclic amines) is 1. The summed E-state index contributed by atoms with van der Waals surface area (Å²) in [5, 5.41) is 18.5. The first-order valence-electron chi connectivity index (χ1n) is 16.6. The molecule has 7 rings (SSSR count). The number of hydrogen-bond acceptors (Lipinski definition) is 7. The van der Waals surface area contributed by atoms with Gasteiger partial charge in [-0.2, -0.15) is 18.4 Å². The number of nitriles is 1. The average molecular weight is 664 g/mol. The lowest BCUT2D eigenvalue weighted by molar-refractivity contribution is -0.126. The van der Waals surface area contributed by atoms with E-state index in [0.717, 1.165) is 80.5 Å². The number of rotatable bonds is 10. The molecular weight excluding hydrogens is 623 g/mol. The van der Waals surface area contributed by atoms with E-state index in [0.29, 0.717) is 39.5 Å². The molecule has 12 heteroatoms. The number of piperidine rings is 1. The maximum Gasteiger partial charge on any atom is 0.393 e. The molecule has 1 aromatic carbocycles. The van der Waals surface area contributed by atoms with E-state index in [1.54, 1.807) is 6.07 Å². The Hall–Kier alpha value is -3.69. The number of aryl methyl sites for hydroxylation is 2. The van der Waals surface area contributed by atoms with Crippen LogP contribution in [0, 0.1) is 29.6 Å². The third kappa shape index (κ3) is 6.57. The highest BCUT2D eigenvalue weighted by atomic mass is 32.1. The number of amides is 1. The molecule has 2 N–H and O–H groups in total. The van der Waals surface area contributed by atoms with Gasteiger partial charge in [-0.15, -0.1) is 11.3 Å². The van der Waals surface area contributed by atoms with Crippen LogP contribution in [0.1, 0.15) is 73.6 Å². The maximum atomic E-state index is 12.9. The van der Waals surface area contributed by atoms with Crippen molar-refractivity contribution in [2.75, 3.05) is 18.4 Å². The van der Waals surface area contributed by atoms with E-state index in [-0.39, 0.29) is 22.9 Å². The number of anilines is 1. The van der Waals surface area contributed by atoms with Crippen molar-refractivity contribution in [2.45, 2.75) is 96.6 Å². The summed E-state index contributed by atoms with van der Waals surface area (Å²) in [5.74, 6) is 1.41. The summed E-state index contributed by atoms with van der Waals surface area (Å²) >= 11 is 1.07. The van der Waals surface area contributed by atoms with Crippen LogP contribution in [-0.2, 0) is 24.3 Å². The van der Waals surface area contributed by atoms with Gasteiger partial charge in [0.2, 0.25) is 5.91 Å². The van der Waals surface area contributed by atoms with Gasteiger partial charge in [0, 0.05) is 60.5 Å². The van der Waals surface area contributed by atoms with Crippen molar-refractivity contribution in [3.8, 4) is 6.07 Å². The van der Waals surface area contributed by atoms with Crippen molar-refractivity contribution >= 4 is 44.2 Å². The first kappa shape index (κ1) is 31.9. The van der Waals surface area contributed by atoms with Crippen LogP contribution in [0.2, 0.25) is 0 Å². The topological polar surface area (TPSA) is 98.9 Å². The van der Waals surface area contributed by atoms with E-state index in [1.165, 1.54) is 23.9 Å². The highest BCUT2D eigenvalue weighted by molar-refractivity contribution is 7.18. The summed E-state index contributed by atoms with van der Waals surface area (Å²) in [4.78, 5) is 23.7. The molecule has 47 heavy (non-hydrogen) atoms. The lowest BCUT2D eigenvalue weighted by Gasteiger charge is -2.33. The Morgan fingerprint density at radius 3 is 2.70 bits per heavy atom. The number of aromatic nitrogens is 3. The Morgan fingerprint density at radius 2 is 1.96 bits per heavy atom. The number of nitrogens with zero attached hydrogens (tertiary/aromatic N) is 5. The molecular formula is C35H40F3N7OS. The zero-order chi connectivity index (χ0) is 32.9. The summed E-state index contributed by atoms with van der Waals surface area (Å²) in [6, 6.07) is 10.9. The molecule has 2 aliphatic carbocycles.